The number of nitrogens with zero attached hydrogens (tertiary/aromatic N) is 5. The maximum Gasteiger partial charge on any atom is 0.240 e. The van der Waals surface area contributed by atoms with Crippen molar-refractivity contribution in [3.63, 3.8) is 0 Å². The first-order chi connectivity index (χ1) is 16.3. The smallest absolute Gasteiger partial charge is 0.240 e. The first-order valence-electron chi connectivity index (χ1n) is 11.9. The van der Waals surface area contributed by atoms with Crippen molar-refractivity contribution < 1.29 is 18.8 Å². The zero-order valence-electron chi connectivity index (χ0n) is 21.3. The molecule has 0 spiro atoms. The van der Waals surface area contributed by atoms with Crippen molar-refractivity contribution in [2.24, 2.45) is 4.99 Å². The normalized spacial score (nSPS) is 16.8. The molecule has 0 saturated carbocycles. The molecule has 1 aromatic heterocycles. The first-order valence-corrected chi connectivity index (χ1v) is 11.9. The van der Waals surface area contributed by atoms with Crippen LogP contribution in [0.15, 0.2) is 54.0 Å². The third-order valence-corrected chi connectivity index (χ3v) is 6.23. The number of likely N-dealkylation sites (N-methyl/N-ethyl adjacent to an activating group) is 1. The van der Waals surface area contributed by atoms with Gasteiger partial charge in [0.15, 0.2) is 0 Å². The van der Waals surface area contributed by atoms with Crippen LogP contribution in [0.5, 0.6) is 0 Å². The Morgan fingerprint density at radius 2 is 1.79 bits per heavy atom. The average Bonchev–Trinajstić information content (AvgIpc) is 3.18. The lowest BCUT2D eigenvalue weighted by molar-refractivity contribution is -0.489. The van der Waals surface area contributed by atoms with Crippen molar-refractivity contribution in [3.8, 4) is 0 Å². The molecule has 6 heteroatoms. The first kappa shape index (κ1) is 26.9. The van der Waals surface area contributed by atoms with Gasteiger partial charge in [0.25, 0.3) is 0 Å². The van der Waals surface area contributed by atoms with Crippen LogP contribution in [0, 0.1) is 0 Å². The van der Waals surface area contributed by atoms with Crippen molar-refractivity contribution in [3.05, 3.63) is 66.0 Å². The number of hydrogen-bond donors (Lipinski definition) is 1. The van der Waals surface area contributed by atoms with Gasteiger partial charge in [0, 0.05) is 5.69 Å². The van der Waals surface area contributed by atoms with Crippen LogP contribution in [0.25, 0.3) is 6.08 Å². The zero-order chi connectivity index (χ0) is 25.4. The van der Waals surface area contributed by atoms with Gasteiger partial charge >= 0.3 is 0 Å². The third kappa shape index (κ3) is 5.09. The summed E-state index contributed by atoms with van der Waals surface area (Å²) in [6, 6.07) is 0. The number of aromatic nitrogens is 1. The van der Waals surface area contributed by atoms with Crippen LogP contribution in [0.3, 0.4) is 0 Å². The molecule has 1 aliphatic rings. The minimum atomic E-state index is -0.924. The maximum absolute atomic E-state index is 11.8. The van der Waals surface area contributed by atoms with E-state index in [-0.39, 0.29) is 0 Å². The van der Waals surface area contributed by atoms with Gasteiger partial charge in [-0.25, -0.2) is 18.7 Å². The fraction of sp³-hybridized carbons (Fsp3) is 0.393. The van der Waals surface area contributed by atoms with Crippen molar-refractivity contribution in [1.29, 1.82) is 0 Å². The molecule has 1 atom stereocenters. The lowest BCUT2D eigenvalue weighted by Crippen LogP contribution is -2.33. The molecule has 0 fully saturated rings. The Hall–Kier alpha value is -3.34. The molecule has 0 aromatic carbocycles. The molecule has 180 valence electrons. The molecule has 1 aliphatic heterocycles. The summed E-state index contributed by atoms with van der Waals surface area (Å²) in [5.41, 5.74) is 8.82. The van der Waals surface area contributed by atoms with Crippen molar-refractivity contribution >= 4 is 37.1 Å². The van der Waals surface area contributed by atoms with Crippen LogP contribution in [-0.4, -0.2) is 75.4 Å². The number of aliphatic imine (C=N–C) groups is 1. The molecule has 0 aliphatic carbocycles. The summed E-state index contributed by atoms with van der Waals surface area (Å²) in [5, 5.41) is 11.8. The Balaban J connectivity index is 3.08. The van der Waals surface area contributed by atoms with E-state index in [9.17, 15) is 5.11 Å². The molecular formula is C28H40N5O+3. The van der Waals surface area contributed by atoms with E-state index >= 15 is 0 Å². The number of fused-ring (bicyclic) bond motifs is 1. The molecule has 1 aromatic rings. The third-order valence-electron chi connectivity index (χ3n) is 6.23. The molecule has 6 nitrogen and oxygen atoms in total. The quantitative estimate of drug-likeness (QED) is 0.214. The maximum atomic E-state index is 11.8. The van der Waals surface area contributed by atoms with E-state index in [0.717, 1.165) is 52.6 Å². The highest BCUT2D eigenvalue weighted by Gasteiger charge is 2.43. The van der Waals surface area contributed by atoms with Gasteiger partial charge in [-0.05, 0) is 33.6 Å². The Morgan fingerprint density at radius 3 is 2.32 bits per heavy atom. The van der Waals surface area contributed by atoms with Crippen LogP contribution in [0.2, 0.25) is 0 Å². The molecule has 1 N–H and O–H groups in total. The van der Waals surface area contributed by atoms with E-state index in [1.54, 1.807) is 6.20 Å². The number of rotatable bonds is 12. The second kappa shape index (κ2) is 12.2. The largest absolute Gasteiger partial charge is 0.364 e. The van der Waals surface area contributed by atoms with Crippen molar-refractivity contribution in [2.45, 2.75) is 46.3 Å². The molecule has 34 heavy (non-hydrogen) atoms. The molecule has 0 radical (unpaired) electrons. The van der Waals surface area contributed by atoms with Crippen LogP contribution in [0.1, 0.15) is 56.8 Å². The Morgan fingerprint density at radius 1 is 1.12 bits per heavy atom. The van der Waals surface area contributed by atoms with E-state index in [4.69, 9.17) is 4.99 Å². The summed E-state index contributed by atoms with van der Waals surface area (Å²) in [4.78, 5) is 4.80. The Kier molecular flexibility index (Phi) is 9.67. The molecule has 0 bridgehead atoms. The number of allylic oxidation sites excluding steroid dienone is 2. The Labute approximate surface area is 204 Å². The lowest BCUT2D eigenvalue weighted by Gasteiger charge is -2.26. The molecule has 1 unspecified atom stereocenters. The fourth-order valence-corrected chi connectivity index (χ4v) is 4.22. The van der Waals surface area contributed by atoms with Crippen LogP contribution >= 0.6 is 0 Å². The molecule has 2 rings (SSSR count). The van der Waals surface area contributed by atoms with Crippen molar-refractivity contribution in [1.82, 2.24) is 4.57 Å². The second-order valence-electron chi connectivity index (χ2n) is 8.18. The summed E-state index contributed by atoms with van der Waals surface area (Å²) < 4.78 is 7.88. The van der Waals surface area contributed by atoms with Crippen LogP contribution in [0.4, 0.5) is 5.69 Å². The minimum absolute atomic E-state index is 0.589. The van der Waals surface area contributed by atoms with Gasteiger partial charge in [-0.15, -0.1) is 12.3 Å². The van der Waals surface area contributed by atoms with E-state index in [1.165, 1.54) is 0 Å². The predicted molar refractivity (Wildman–Crippen MR) is 144 cm³/mol. The SMILES string of the molecule is C=C=CN=C1C(CC=[N+](C)CC)=C([N+](=C)CC)C(O)n2c(CCC=C)c(C=C)c([N+](=C)CC)c21. The molecule has 2 heterocycles. The molecule has 0 saturated heterocycles. The van der Waals surface area contributed by atoms with Gasteiger partial charge in [0.1, 0.15) is 57.7 Å². The monoisotopic (exact) mass is 462 g/mol. The summed E-state index contributed by atoms with van der Waals surface area (Å²) >= 11 is 0. The summed E-state index contributed by atoms with van der Waals surface area (Å²) in [6.45, 7) is 28.6. The van der Waals surface area contributed by atoms with Gasteiger partial charge in [-0.3, -0.25) is 0 Å². The average molecular weight is 463 g/mol. The van der Waals surface area contributed by atoms with E-state index in [2.05, 4.69) is 56.6 Å². The standard InChI is InChI=1S/C28H40N5O/c1-10-16-17-23-21(12-3)25(31(8)14-5)27-24(29-19-11-2)22(18-20-30(7)13-4)26(32(9)15-6)28(34)33(23)27/h10,12,19-20,28,34H,1-3,8-9,13-18H2,4-7H3/q+3. The predicted octanol–water partition coefficient (Wildman–Crippen LogP) is 4.32. The highest BCUT2D eigenvalue weighted by molar-refractivity contribution is 6.17. The van der Waals surface area contributed by atoms with Crippen LogP contribution in [-0.2, 0) is 6.42 Å². The number of aliphatic hydroxyl groups excluding tert-OH is 1. The molecular weight excluding hydrogens is 422 g/mol. The van der Waals surface area contributed by atoms with E-state index in [0.29, 0.717) is 25.9 Å². The van der Waals surface area contributed by atoms with Gasteiger partial charge < -0.3 is 9.67 Å². The van der Waals surface area contributed by atoms with Gasteiger partial charge in [-0.2, -0.15) is 0 Å². The minimum Gasteiger partial charge on any atom is -0.364 e. The highest BCUT2D eigenvalue weighted by atomic mass is 16.3. The topological polar surface area (TPSA) is 46.5 Å². The van der Waals surface area contributed by atoms with Crippen LogP contribution < -0.4 is 0 Å². The second-order valence-corrected chi connectivity index (χ2v) is 8.18. The van der Waals surface area contributed by atoms with E-state index in [1.807, 2.05) is 46.8 Å². The lowest BCUT2D eigenvalue weighted by atomic mass is 9.96. The fourth-order valence-electron chi connectivity index (χ4n) is 4.22. The van der Waals surface area contributed by atoms with E-state index < -0.39 is 6.23 Å². The Bertz CT molecular complexity index is 1140. The summed E-state index contributed by atoms with van der Waals surface area (Å²) in [6.07, 6.45) is 8.56. The summed E-state index contributed by atoms with van der Waals surface area (Å²) in [5.74, 6) is 0. The van der Waals surface area contributed by atoms with Gasteiger partial charge in [0.2, 0.25) is 17.6 Å². The number of aliphatic hydroxyl groups is 1. The summed E-state index contributed by atoms with van der Waals surface area (Å²) in [7, 11) is 2.04. The highest BCUT2D eigenvalue weighted by Crippen LogP contribution is 2.42. The van der Waals surface area contributed by atoms with Crippen molar-refractivity contribution in [2.75, 3.05) is 26.7 Å². The van der Waals surface area contributed by atoms with Gasteiger partial charge in [0.05, 0.1) is 23.8 Å². The molecule has 0 amide bonds. The van der Waals surface area contributed by atoms with Gasteiger partial charge in [-0.1, -0.05) is 25.3 Å². The number of hydrogen-bond acceptors (Lipinski definition) is 2. The zero-order valence-corrected chi connectivity index (χ0v) is 21.3.